The first-order valence-corrected chi connectivity index (χ1v) is 11.0. The van der Waals surface area contributed by atoms with Gasteiger partial charge in [0.25, 0.3) is 11.8 Å². The van der Waals surface area contributed by atoms with Crippen LogP contribution in [-0.2, 0) is 15.1 Å². The molecule has 2 atom stereocenters. The molecule has 9 nitrogen and oxygen atoms in total. The van der Waals surface area contributed by atoms with Crippen LogP contribution < -0.4 is 15.5 Å². The molecule has 2 unspecified atom stereocenters. The van der Waals surface area contributed by atoms with Crippen LogP contribution >= 0.6 is 0 Å². The Morgan fingerprint density at radius 2 is 1.87 bits per heavy atom. The monoisotopic (exact) mass is 429 g/mol. The summed E-state index contributed by atoms with van der Waals surface area (Å²) in [6, 6.07) is 6.64. The lowest BCUT2D eigenvalue weighted by molar-refractivity contribution is -0.139. The second kappa shape index (κ2) is 8.84. The summed E-state index contributed by atoms with van der Waals surface area (Å²) >= 11 is 0. The number of nitrogens with zero attached hydrogens (tertiary/aromatic N) is 3. The predicted octanol–water partition coefficient (Wildman–Crippen LogP) is 1.05. The molecule has 168 valence electrons. The Bertz CT molecular complexity index is 839. The Labute approximate surface area is 182 Å². The Hall–Kier alpha value is -2.65. The van der Waals surface area contributed by atoms with E-state index < -0.39 is 17.5 Å². The maximum absolute atomic E-state index is 13.0. The van der Waals surface area contributed by atoms with Gasteiger partial charge in [-0.1, -0.05) is 12.1 Å². The molecular formula is C22H31N5O4. The summed E-state index contributed by atoms with van der Waals surface area (Å²) < 4.78 is 5.15. The number of hydrogen-bond acceptors (Lipinski definition) is 6. The van der Waals surface area contributed by atoms with Gasteiger partial charge in [-0.15, -0.1) is 0 Å². The quantitative estimate of drug-likeness (QED) is 0.630. The molecule has 3 aliphatic heterocycles. The van der Waals surface area contributed by atoms with Crippen LogP contribution in [-0.4, -0.2) is 78.5 Å². The second-order valence-corrected chi connectivity index (χ2v) is 8.73. The van der Waals surface area contributed by atoms with Gasteiger partial charge in [-0.2, -0.15) is 5.01 Å². The molecule has 0 bridgehead atoms. The van der Waals surface area contributed by atoms with E-state index in [-0.39, 0.29) is 12.5 Å². The van der Waals surface area contributed by atoms with E-state index in [1.165, 1.54) is 12.8 Å². The fourth-order valence-electron chi connectivity index (χ4n) is 4.78. The number of hydrazine groups is 1. The zero-order valence-corrected chi connectivity index (χ0v) is 18.2. The summed E-state index contributed by atoms with van der Waals surface area (Å²) in [5, 5.41) is 3.51. The molecule has 9 heteroatoms. The number of hydrogen-bond donors (Lipinski definition) is 2. The number of carbonyl (C=O) groups is 3. The van der Waals surface area contributed by atoms with Crippen molar-refractivity contribution in [3.05, 3.63) is 29.8 Å². The van der Waals surface area contributed by atoms with Gasteiger partial charge in [0.1, 0.15) is 11.3 Å². The zero-order chi connectivity index (χ0) is 22.0. The third-order valence-corrected chi connectivity index (χ3v) is 6.61. The molecule has 3 heterocycles. The number of urea groups is 1. The van der Waals surface area contributed by atoms with Gasteiger partial charge in [0, 0.05) is 12.6 Å². The van der Waals surface area contributed by atoms with Crippen LogP contribution in [0.1, 0.15) is 38.2 Å². The number of nitrogens with one attached hydrogen (secondary N) is 2. The maximum Gasteiger partial charge on any atom is 0.344 e. The number of ether oxygens (including phenoxy) is 1. The Morgan fingerprint density at radius 3 is 2.55 bits per heavy atom. The molecule has 3 aliphatic rings. The third-order valence-electron chi connectivity index (χ3n) is 6.61. The smallest absolute Gasteiger partial charge is 0.344 e. The number of carbonyl (C=O) groups excluding carboxylic acids is 3. The van der Waals surface area contributed by atoms with E-state index in [1.54, 1.807) is 38.3 Å². The van der Waals surface area contributed by atoms with Crippen LogP contribution in [0, 0.1) is 0 Å². The molecule has 0 saturated carbocycles. The summed E-state index contributed by atoms with van der Waals surface area (Å²) in [5.74, 6) is -0.203. The van der Waals surface area contributed by atoms with Crippen LogP contribution in [0.25, 0.3) is 0 Å². The highest BCUT2D eigenvalue weighted by molar-refractivity contribution is 6.08. The molecule has 0 aromatic heterocycles. The first kappa shape index (κ1) is 21.6. The summed E-state index contributed by atoms with van der Waals surface area (Å²) in [4.78, 5) is 42.9. The fraction of sp³-hybridized carbons (Fsp3) is 0.591. The van der Waals surface area contributed by atoms with E-state index in [4.69, 9.17) is 4.74 Å². The van der Waals surface area contributed by atoms with Crippen molar-refractivity contribution < 1.29 is 19.1 Å². The Balaban J connectivity index is 1.37. The van der Waals surface area contributed by atoms with E-state index in [1.807, 2.05) is 0 Å². The molecular weight excluding hydrogens is 398 g/mol. The van der Waals surface area contributed by atoms with Crippen LogP contribution in [0.4, 0.5) is 4.79 Å². The number of rotatable bonds is 7. The number of benzene rings is 1. The minimum atomic E-state index is -1.25. The summed E-state index contributed by atoms with van der Waals surface area (Å²) in [6.07, 6.45) is 4.62. The lowest BCUT2D eigenvalue weighted by Crippen LogP contribution is -2.52. The lowest BCUT2D eigenvalue weighted by Gasteiger charge is -2.28. The molecule has 31 heavy (non-hydrogen) atoms. The highest BCUT2D eigenvalue weighted by Gasteiger charge is 2.50. The number of imide groups is 1. The third kappa shape index (κ3) is 4.38. The number of amides is 4. The van der Waals surface area contributed by atoms with Crippen LogP contribution in [0.3, 0.4) is 0 Å². The molecule has 2 N–H and O–H groups in total. The molecule has 4 rings (SSSR count). The topological polar surface area (TPSA) is 94.2 Å². The second-order valence-electron chi connectivity index (χ2n) is 8.73. The van der Waals surface area contributed by atoms with Crippen molar-refractivity contribution in [2.24, 2.45) is 0 Å². The van der Waals surface area contributed by atoms with Gasteiger partial charge in [-0.05, 0) is 69.9 Å². The molecule has 3 fully saturated rings. The average Bonchev–Trinajstić information content (AvgIpc) is 3.48. The van der Waals surface area contributed by atoms with Gasteiger partial charge in [-0.25, -0.2) is 4.79 Å². The molecule has 1 aromatic rings. The maximum atomic E-state index is 13.0. The zero-order valence-electron chi connectivity index (χ0n) is 18.2. The van der Waals surface area contributed by atoms with Gasteiger partial charge in [0.15, 0.2) is 0 Å². The first-order valence-electron chi connectivity index (χ1n) is 11.0. The normalized spacial score (nSPS) is 27.0. The van der Waals surface area contributed by atoms with E-state index in [9.17, 15) is 14.4 Å². The van der Waals surface area contributed by atoms with Gasteiger partial charge in [0.2, 0.25) is 0 Å². The average molecular weight is 430 g/mol. The molecule has 1 aromatic carbocycles. The highest BCUT2D eigenvalue weighted by Crippen LogP contribution is 2.29. The fourth-order valence-corrected chi connectivity index (χ4v) is 4.78. The van der Waals surface area contributed by atoms with E-state index >= 15 is 0 Å². The Morgan fingerprint density at radius 1 is 1.16 bits per heavy atom. The predicted molar refractivity (Wildman–Crippen MR) is 114 cm³/mol. The minimum absolute atomic E-state index is 0.175. The van der Waals surface area contributed by atoms with Crippen molar-refractivity contribution in [1.29, 1.82) is 0 Å². The molecule has 3 saturated heterocycles. The molecule has 0 aliphatic carbocycles. The summed E-state index contributed by atoms with van der Waals surface area (Å²) in [6.45, 7) is 5.90. The van der Waals surface area contributed by atoms with Crippen LogP contribution in [0.2, 0.25) is 0 Å². The van der Waals surface area contributed by atoms with Crippen molar-refractivity contribution in [3.63, 3.8) is 0 Å². The first-order chi connectivity index (χ1) is 14.9. The lowest BCUT2D eigenvalue weighted by atomic mass is 9.92. The standard InChI is InChI=1S/C22H31N5O4/c1-22(16-7-9-18(31-2)10-8-16)20(29)27(21(30)23-22)24-19(28)15-26-13-5-6-17(26)14-25-11-3-4-12-25/h7-10,17H,3-6,11-15H2,1-2H3,(H,23,30)(H,24,28). The van der Waals surface area contributed by atoms with Crippen molar-refractivity contribution in [2.45, 2.75) is 44.2 Å². The SMILES string of the molecule is COc1ccc(C2(C)NC(=O)N(NC(=O)CN3CCCC3CN3CCCC3)C2=O)cc1. The van der Waals surface area contributed by atoms with Gasteiger partial charge < -0.3 is 15.0 Å². The van der Waals surface area contributed by atoms with Crippen molar-refractivity contribution in [3.8, 4) is 5.75 Å². The number of likely N-dealkylation sites (tertiary alicyclic amines) is 2. The van der Waals surface area contributed by atoms with Crippen LogP contribution in [0.5, 0.6) is 5.75 Å². The van der Waals surface area contributed by atoms with E-state index in [0.29, 0.717) is 17.4 Å². The molecule has 4 amide bonds. The van der Waals surface area contributed by atoms with Crippen molar-refractivity contribution in [2.75, 3.05) is 39.8 Å². The summed E-state index contributed by atoms with van der Waals surface area (Å²) in [5.41, 5.74) is 1.89. The van der Waals surface area contributed by atoms with Crippen LogP contribution in [0.15, 0.2) is 24.3 Å². The minimum Gasteiger partial charge on any atom is -0.497 e. The molecule has 0 spiro atoms. The largest absolute Gasteiger partial charge is 0.497 e. The van der Waals surface area contributed by atoms with Gasteiger partial charge in [0.05, 0.1) is 13.7 Å². The van der Waals surface area contributed by atoms with Gasteiger partial charge in [-0.3, -0.25) is 19.9 Å². The Kier molecular flexibility index (Phi) is 6.15. The van der Waals surface area contributed by atoms with Crippen molar-refractivity contribution in [1.82, 2.24) is 25.6 Å². The van der Waals surface area contributed by atoms with Gasteiger partial charge >= 0.3 is 6.03 Å². The molecule has 0 radical (unpaired) electrons. The van der Waals surface area contributed by atoms with E-state index in [0.717, 1.165) is 44.0 Å². The highest BCUT2D eigenvalue weighted by atomic mass is 16.5. The summed E-state index contributed by atoms with van der Waals surface area (Å²) in [7, 11) is 1.56. The van der Waals surface area contributed by atoms with E-state index in [2.05, 4.69) is 20.5 Å². The number of methoxy groups -OCH3 is 1. The van der Waals surface area contributed by atoms with Crippen molar-refractivity contribution >= 4 is 17.8 Å².